The SMILES string of the molecule is Cc1c(CN)cc(Cl)cc1S(=O)(=O)NCCc1cnc[nH]1. The van der Waals surface area contributed by atoms with Crippen LogP contribution in [0.15, 0.2) is 29.6 Å². The molecule has 2 rings (SSSR count). The molecule has 1 aromatic heterocycles. The molecule has 1 heterocycles. The minimum absolute atomic E-state index is 0.167. The van der Waals surface area contributed by atoms with E-state index < -0.39 is 10.0 Å². The minimum atomic E-state index is -3.62. The van der Waals surface area contributed by atoms with Crippen LogP contribution in [0.1, 0.15) is 16.8 Å². The van der Waals surface area contributed by atoms with E-state index in [9.17, 15) is 8.42 Å². The Morgan fingerprint density at radius 3 is 2.81 bits per heavy atom. The summed E-state index contributed by atoms with van der Waals surface area (Å²) in [6, 6.07) is 3.12. The molecule has 8 heteroatoms. The smallest absolute Gasteiger partial charge is 0.240 e. The summed E-state index contributed by atoms with van der Waals surface area (Å²) in [4.78, 5) is 6.96. The average molecular weight is 329 g/mol. The first-order valence-electron chi connectivity index (χ1n) is 6.40. The number of rotatable bonds is 6. The third-order valence-electron chi connectivity index (χ3n) is 3.18. The zero-order valence-corrected chi connectivity index (χ0v) is 13.1. The first-order chi connectivity index (χ1) is 9.94. The fourth-order valence-corrected chi connectivity index (χ4v) is 3.67. The van der Waals surface area contributed by atoms with Crippen LogP contribution >= 0.6 is 11.6 Å². The van der Waals surface area contributed by atoms with Crippen LogP contribution in [0.4, 0.5) is 0 Å². The lowest BCUT2D eigenvalue weighted by atomic mass is 10.1. The molecule has 0 aliphatic rings. The van der Waals surface area contributed by atoms with E-state index in [-0.39, 0.29) is 18.0 Å². The third kappa shape index (κ3) is 3.82. The first kappa shape index (κ1) is 16.0. The molecule has 0 aliphatic carbocycles. The molecular formula is C13H17ClN4O2S. The van der Waals surface area contributed by atoms with Crippen molar-refractivity contribution in [3.05, 3.63) is 46.5 Å². The van der Waals surface area contributed by atoms with Crippen LogP contribution in [0.25, 0.3) is 0 Å². The lowest BCUT2D eigenvalue weighted by Gasteiger charge is -2.12. The molecule has 6 nitrogen and oxygen atoms in total. The fraction of sp³-hybridized carbons (Fsp3) is 0.308. The maximum atomic E-state index is 12.4. The Kier molecular flexibility index (Phi) is 5.00. The van der Waals surface area contributed by atoms with Gasteiger partial charge in [-0.05, 0) is 30.2 Å². The largest absolute Gasteiger partial charge is 0.348 e. The van der Waals surface area contributed by atoms with E-state index in [0.717, 1.165) is 11.3 Å². The second-order valence-electron chi connectivity index (χ2n) is 4.62. The summed E-state index contributed by atoms with van der Waals surface area (Å²) in [5.74, 6) is 0. The topological polar surface area (TPSA) is 101 Å². The third-order valence-corrected chi connectivity index (χ3v) is 4.99. The van der Waals surface area contributed by atoms with Gasteiger partial charge >= 0.3 is 0 Å². The summed E-state index contributed by atoms with van der Waals surface area (Å²) in [7, 11) is -3.62. The molecule has 0 unspecified atom stereocenters. The Morgan fingerprint density at radius 2 is 2.19 bits per heavy atom. The van der Waals surface area contributed by atoms with Crippen molar-refractivity contribution < 1.29 is 8.42 Å². The summed E-state index contributed by atoms with van der Waals surface area (Å²) in [6.45, 7) is 2.24. The van der Waals surface area contributed by atoms with Crippen LogP contribution < -0.4 is 10.5 Å². The van der Waals surface area contributed by atoms with Crippen LogP contribution in [-0.4, -0.2) is 24.9 Å². The monoisotopic (exact) mass is 328 g/mol. The van der Waals surface area contributed by atoms with E-state index in [4.69, 9.17) is 17.3 Å². The molecule has 114 valence electrons. The quantitative estimate of drug-likeness (QED) is 0.745. The normalized spacial score (nSPS) is 11.8. The Hall–Kier alpha value is -1.41. The number of H-pyrrole nitrogens is 1. The molecule has 0 bridgehead atoms. The van der Waals surface area contributed by atoms with Gasteiger partial charge in [-0.15, -0.1) is 0 Å². The number of hydrogen-bond acceptors (Lipinski definition) is 4. The molecule has 0 saturated heterocycles. The lowest BCUT2D eigenvalue weighted by molar-refractivity contribution is 0.580. The van der Waals surface area contributed by atoms with Gasteiger partial charge in [-0.3, -0.25) is 0 Å². The molecule has 0 amide bonds. The number of halogens is 1. The van der Waals surface area contributed by atoms with Gasteiger partial charge in [-0.25, -0.2) is 18.1 Å². The van der Waals surface area contributed by atoms with E-state index in [1.807, 2.05) is 0 Å². The lowest BCUT2D eigenvalue weighted by Crippen LogP contribution is -2.27. The number of benzene rings is 1. The van der Waals surface area contributed by atoms with Crippen LogP contribution in [0.3, 0.4) is 0 Å². The Labute approximate surface area is 128 Å². The molecule has 0 atom stereocenters. The van der Waals surface area contributed by atoms with Crippen molar-refractivity contribution in [1.82, 2.24) is 14.7 Å². The standard InChI is InChI=1S/C13H17ClN4O2S/c1-9-10(6-15)4-11(14)5-13(9)21(19,20)18-3-2-12-7-16-8-17-12/h4-5,7-8,18H,2-3,6,15H2,1H3,(H,16,17). The Balaban J connectivity index is 2.17. The van der Waals surface area contributed by atoms with E-state index in [0.29, 0.717) is 17.0 Å². The molecule has 1 aromatic carbocycles. The van der Waals surface area contributed by atoms with Crippen molar-refractivity contribution in [2.45, 2.75) is 24.8 Å². The highest BCUT2D eigenvalue weighted by Gasteiger charge is 2.19. The highest BCUT2D eigenvalue weighted by atomic mass is 35.5. The van der Waals surface area contributed by atoms with Gasteiger partial charge in [0.25, 0.3) is 0 Å². The highest BCUT2D eigenvalue weighted by Crippen LogP contribution is 2.24. The van der Waals surface area contributed by atoms with Crippen molar-refractivity contribution in [2.75, 3.05) is 6.54 Å². The van der Waals surface area contributed by atoms with Gasteiger partial charge in [0.2, 0.25) is 10.0 Å². The molecule has 2 aromatic rings. The fourth-order valence-electron chi connectivity index (χ4n) is 2.02. The van der Waals surface area contributed by atoms with Gasteiger partial charge in [0.15, 0.2) is 0 Å². The number of nitrogens with zero attached hydrogens (tertiary/aromatic N) is 1. The average Bonchev–Trinajstić information content (AvgIpc) is 2.93. The van der Waals surface area contributed by atoms with Crippen molar-refractivity contribution in [2.24, 2.45) is 5.73 Å². The van der Waals surface area contributed by atoms with Gasteiger partial charge in [0, 0.05) is 36.4 Å². The van der Waals surface area contributed by atoms with E-state index in [2.05, 4.69) is 14.7 Å². The van der Waals surface area contributed by atoms with Gasteiger partial charge in [-0.1, -0.05) is 11.6 Å². The summed E-state index contributed by atoms with van der Waals surface area (Å²) < 4.78 is 27.3. The number of nitrogens with one attached hydrogen (secondary N) is 2. The number of hydrogen-bond donors (Lipinski definition) is 3. The van der Waals surface area contributed by atoms with E-state index in [1.165, 1.54) is 6.07 Å². The van der Waals surface area contributed by atoms with E-state index >= 15 is 0 Å². The first-order valence-corrected chi connectivity index (χ1v) is 8.26. The molecule has 0 fully saturated rings. The zero-order valence-electron chi connectivity index (χ0n) is 11.6. The van der Waals surface area contributed by atoms with Crippen LogP contribution in [0, 0.1) is 6.92 Å². The Morgan fingerprint density at radius 1 is 1.43 bits per heavy atom. The molecule has 0 radical (unpaired) electrons. The summed E-state index contributed by atoms with van der Waals surface area (Å²) in [5.41, 5.74) is 7.82. The number of sulfonamides is 1. The summed E-state index contributed by atoms with van der Waals surface area (Å²) in [6.07, 6.45) is 3.74. The number of aromatic amines is 1. The maximum Gasteiger partial charge on any atom is 0.240 e. The molecule has 4 N–H and O–H groups in total. The van der Waals surface area contributed by atoms with Gasteiger partial charge < -0.3 is 10.7 Å². The molecule has 0 saturated carbocycles. The van der Waals surface area contributed by atoms with Gasteiger partial charge in [-0.2, -0.15) is 0 Å². The van der Waals surface area contributed by atoms with Gasteiger partial charge in [0.1, 0.15) is 0 Å². The zero-order chi connectivity index (χ0) is 15.5. The van der Waals surface area contributed by atoms with E-state index in [1.54, 1.807) is 25.5 Å². The molecule has 21 heavy (non-hydrogen) atoms. The van der Waals surface area contributed by atoms with Crippen molar-refractivity contribution in [1.29, 1.82) is 0 Å². The molecule has 0 aliphatic heterocycles. The van der Waals surface area contributed by atoms with Crippen molar-refractivity contribution in [3.63, 3.8) is 0 Å². The summed E-state index contributed by atoms with van der Waals surface area (Å²) >= 11 is 5.96. The Bertz CT molecular complexity index is 714. The van der Waals surface area contributed by atoms with Crippen LogP contribution in [-0.2, 0) is 23.0 Å². The predicted octanol–water partition coefficient (Wildman–Crippen LogP) is 1.35. The van der Waals surface area contributed by atoms with Crippen molar-refractivity contribution >= 4 is 21.6 Å². The summed E-state index contributed by atoms with van der Waals surface area (Å²) in [5, 5.41) is 0.356. The van der Waals surface area contributed by atoms with Crippen molar-refractivity contribution in [3.8, 4) is 0 Å². The number of aromatic nitrogens is 2. The second kappa shape index (κ2) is 6.57. The molecule has 0 spiro atoms. The number of imidazole rings is 1. The molecular weight excluding hydrogens is 312 g/mol. The number of nitrogens with two attached hydrogens (primary N) is 1. The second-order valence-corrected chi connectivity index (χ2v) is 6.79. The van der Waals surface area contributed by atoms with Crippen LogP contribution in [0.5, 0.6) is 0 Å². The maximum absolute atomic E-state index is 12.4. The minimum Gasteiger partial charge on any atom is -0.348 e. The highest BCUT2D eigenvalue weighted by molar-refractivity contribution is 7.89. The van der Waals surface area contributed by atoms with Crippen LogP contribution in [0.2, 0.25) is 5.02 Å². The van der Waals surface area contributed by atoms with Gasteiger partial charge in [0.05, 0.1) is 11.2 Å². The predicted molar refractivity (Wildman–Crippen MR) is 81.6 cm³/mol.